The molecule has 0 radical (unpaired) electrons. The van der Waals surface area contributed by atoms with Gasteiger partial charge in [-0.2, -0.15) is 0 Å². The molecule has 0 aliphatic heterocycles. The lowest BCUT2D eigenvalue weighted by atomic mass is 10.0. The molecule has 0 aromatic heterocycles. The number of hydrogen-bond donors (Lipinski definition) is 0. The Hall–Kier alpha value is -1.13. The first-order valence-corrected chi connectivity index (χ1v) is 9.72. The van der Waals surface area contributed by atoms with Crippen LogP contribution < -0.4 is 0 Å². The highest BCUT2D eigenvalue weighted by Crippen LogP contribution is 2.32. The zero-order chi connectivity index (χ0) is 16.8. The van der Waals surface area contributed by atoms with E-state index in [-0.39, 0.29) is 22.8 Å². The minimum Gasteiger partial charge on any atom is -0.328 e. The Kier molecular flexibility index (Phi) is 6.85. The van der Waals surface area contributed by atoms with Crippen molar-refractivity contribution in [2.45, 2.75) is 30.8 Å². The first-order chi connectivity index (χ1) is 11.1. The number of carbonyl (C=O) groups is 1. The topological polar surface area (TPSA) is 20.3 Å². The number of carbonyl (C=O) groups excluding carboxylic acids is 1. The predicted molar refractivity (Wildman–Crippen MR) is 103 cm³/mol. The summed E-state index contributed by atoms with van der Waals surface area (Å²) in [6, 6.07) is 20.3. The lowest BCUT2D eigenvalue weighted by Crippen LogP contribution is -2.40. The summed E-state index contributed by atoms with van der Waals surface area (Å²) in [6.45, 7) is 4.17. The molecule has 0 fully saturated rings. The molecule has 4 heteroatoms. The van der Waals surface area contributed by atoms with Gasteiger partial charge in [0.15, 0.2) is 0 Å². The van der Waals surface area contributed by atoms with Gasteiger partial charge in [-0.1, -0.05) is 92.5 Å². The molecule has 0 bridgehead atoms. The van der Waals surface area contributed by atoms with Crippen molar-refractivity contribution in [1.29, 1.82) is 0 Å². The van der Waals surface area contributed by atoms with Crippen LogP contribution in [0.15, 0.2) is 60.7 Å². The molecule has 2 aromatic rings. The Balaban J connectivity index is 2.37. The van der Waals surface area contributed by atoms with E-state index in [0.29, 0.717) is 5.33 Å². The van der Waals surface area contributed by atoms with Crippen molar-refractivity contribution < 1.29 is 4.79 Å². The van der Waals surface area contributed by atoms with Crippen LogP contribution in [0.2, 0.25) is 0 Å². The molecule has 2 rings (SSSR count). The van der Waals surface area contributed by atoms with E-state index >= 15 is 0 Å². The third kappa shape index (κ3) is 4.45. The van der Waals surface area contributed by atoms with Crippen molar-refractivity contribution >= 4 is 37.8 Å². The highest BCUT2D eigenvalue weighted by molar-refractivity contribution is 9.12. The minimum absolute atomic E-state index is 0.00185. The van der Waals surface area contributed by atoms with Gasteiger partial charge in [-0.15, -0.1) is 0 Å². The summed E-state index contributed by atoms with van der Waals surface area (Å²) < 4.78 is 0. The molecule has 122 valence electrons. The van der Waals surface area contributed by atoms with E-state index < -0.39 is 0 Å². The smallest absolute Gasteiger partial charge is 0.238 e. The second-order valence-electron chi connectivity index (χ2n) is 5.54. The summed E-state index contributed by atoms with van der Waals surface area (Å²) in [7, 11) is 0. The number of rotatable bonds is 6. The van der Waals surface area contributed by atoms with Crippen molar-refractivity contribution in [3.63, 3.8) is 0 Å². The molecular weight excluding hydrogens is 418 g/mol. The van der Waals surface area contributed by atoms with Crippen molar-refractivity contribution in [2.24, 2.45) is 0 Å². The van der Waals surface area contributed by atoms with E-state index in [9.17, 15) is 4.79 Å². The van der Waals surface area contributed by atoms with E-state index in [0.717, 1.165) is 11.1 Å². The van der Waals surface area contributed by atoms with Gasteiger partial charge in [-0.25, -0.2) is 0 Å². The average molecular weight is 439 g/mol. The molecule has 0 saturated heterocycles. The SMILES string of the molecule is C[C@@H](c1ccccc1)N(C(=O)C(Br)CBr)[C@@H](C)c1ccccc1. The Morgan fingerprint density at radius 3 is 1.65 bits per heavy atom. The van der Waals surface area contributed by atoms with E-state index in [1.165, 1.54) is 0 Å². The molecule has 0 N–H and O–H groups in total. The van der Waals surface area contributed by atoms with Crippen LogP contribution in [0.3, 0.4) is 0 Å². The number of amides is 1. The predicted octanol–water partition coefficient (Wildman–Crippen LogP) is 5.50. The van der Waals surface area contributed by atoms with Crippen molar-refractivity contribution in [1.82, 2.24) is 4.90 Å². The largest absolute Gasteiger partial charge is 0.328 e. The molecule has 0 heterocycles. The molecule has 2 nitrogen and oxygen atoms in total. The molecule has 0 aliphatic carbocycles. The van der Waals surface area contributed by atoms with Gasteiger partial charge in [-0.05, 0) is 25.0 Å². The third-order valence-electron chi connectivity index (χ3n) is 4.06. The quantitative estimate of drug-likeness (QED) is 0.545. The summed E-state index contributed by atoms with van der Waals surface area (Å²) >= 11 is 6.89. The number of nitrogens with zero attached hydrogens (tertiary/aromatic N) is 1. The van der Waals surface area contributed by atoms with E-state index in [2.05, 4.69) is 70.0 Å². The van der Waals surface area contributed by atoms with Gasteiger partial charge in [-0.3, -0.25) is 4.79 Å². The Bertz CT molecular complexity index is 572. The fourth-order valence-electron chi connectivity index (χ4n) is 2.73. The van der Waals surface area contributed by atoms with Crippen LogP contribution >= 0.6 is 31.9 Å². The van der Waals surface area contributed by atoms with Crippen LogP contribution in [0, 0.1) is 0 Å². The van der Waals surface area contributed by atoms with Crippen LogP contribution in [-0.4, -0.2) is 21.0 Å². The van der Waals surface area contributed by atoms with E-state index in [1.54, 1.807) is 0 Å². The Labute approximate surface area is 155 Å². The Morgan fingerprint density at radius 2 is 1.30 bits per heavy atom. The summed E-state index contributed by atoms with van der Waals surface area (Å²) in [5, 5.41) is 0.589. The van der Waals surface area contributed by atoms with Gasteiger partial charge in [0.25, 0.3) is 0 Å². The fourth-order valence-corrected chi connectivity index (χ4v) is 3.24. The summed E-state index contributed by atoms with van der Waals surface area (Å²) in [5.41, 5.74) is 2.27. The van der Waals surface area contributed by atoms with Crippen molar-refractivity contribution in [2.75, 3.05) is 5.33 Å². The highest BCUT2D eigenvalue weighted by Gasteiger charge is 2.30. The molecule has 0 aliphatic rings. The van der Waals surface area contributed by atoms with E-state index in [4.69, 9.17) is 0 Å². The summed E-state index contributed by atoms with van der Waals surface area (Å²) in [4.78, 5) is 14.7. The first kappa shape index (κ1) is 18.2. The van der Waals surface area contributed by atoms with Gasteiger partial charge >= 0.3 is 0 Å². The van der Waals surface area contributed by atoms with Gasteiger partial charge in [0.1, 0.15) is 4.83 Å². The average Bonchev–Trinajstić information content (AvgIpc) is 2.62. The van der Waals surface area contributed by atoms with Crippen molar-refractivity contribution in [3.8, 4) is 0 Å². The van der Waals surface area contributed by atoms with Gasteiger partial charge in [0.05, 0.1) is 12.1 Å². The molecule has 1 unspecified atom stereocenters. The molecular formula is C19H21Br2NO. The third-order valence-corrected chi connectivity index (χ3v) is 6.29. The summed E-state index contributed by atoms with van der Waals surface area (Å²) in [6.07, 6.45) is 0. The first-order valence-electron chi connectivity index (χ1n) is 7.68. The van der Waals surface area contributed by atoms with E-state index in [1.807, 2.05) is 41.3 Å². The monoisotopic (exact) mass is 437 g/mol. The molecule has 0 spiro atoms. The maximum absolute atomic E-state index is 13.0. The number of benzene rings is 2. The lowest BCUT2D eigenvalue weighted by Gasteiger charge is -2.36. The van der Waals surface area contributed by atoms with Crippen LogP contribution in [0.5, 0.6) is 0 Å². The van der Waals surface area contributed by atoms with Crippen LogP contribution in [-0.2, 0) is 4.79 Å². The summed E-state index contributed by atoms with van der Waals surface area (Å²) in [5.74, 6) is 0.0922. The normalized spacial score (nSPS) is 14.8. The van der Waals surface area contributed by atoms with Crippen molar-refractivity contribution in [3.05, 3.63) is 71.8 Å². The maximum atomic E-state index is 13.0. The molecule has 0 saturated carbocycles. The highest BCUT2D eigenvalue weighted by atomic mass is 79.9. The van der Waals surface area contributed by atoms with Gasteiger partial charge in [0.2, 0.25) is 5.91 Å². The number of hydrogen-bond acceptors (Lipinski definition) is 1. The second-order valence-corrected chi connectivity index (χ2v) is 7.29. The minimum atomic E-state index is -0.236. The molecule has 23 heavy (non-hydrogen) atoms. The van der Waals surface area contributed by atoms with Gasteiger partial charge in [0, 0.05) is 5.33 Å². The zero-order valence-corrected chi connectivity index (χ0v) is 16.5. The lowest BCUT2D eigenvalue weighted by molar-refractivity contribution is -0.134. The van der Waals surface area contributed by atoms with Crippen LogP contribution in [0.4, 0.5) is 0 Å². The molecule has 3 atom stereocenters. The fraction of sp³-hybridized carbons (Fsp3) is 0.316. The number of alkyl halides is 2. The molecule has 1 amide bonds. The Morgan fingerprint density at radius 1 is 0.913 bits per heavy atom. The standard InChI is InChI=1S/C19H21Br2NO/c1-14(16-9-5-3-6-10-16)22(19(23)18(21)13-20)15(2)17-11-7-4-8-12-17/h3-12,14-15,18H,13H2,1-2H3/t14-,15-,18?/m0/s1. The zero-order valence-electron chi connectivity index (χ0n) is 13.3. The molecule has 2 aromatic carbocycles. The number of halogens is 2. The van der Waals surface area contributed by atoms with Crippen LogP contribution in [0.1, 0.15) is 37.1 Å². The van der Waals surface area contributed by atoms with Gasteiger partial charge < -0.3 is 4.90 Å². The second kappa shape index (κ2) is 8.65. The van der Waals surface area contributed by atoms with Crippen LogP contribution in [0.25, 0.3) is 0 Å². The maximum Gasteiger partial charge on any atom is 0.238 e.